The maximum absolute atomic E-state index is 6.42. The van der Waals surface area contributed by atoms with Gasteiger partial charge in [-0.05, 0) is 36.5 Å². The molecule has 102 valence electrons. The van der Waals surface area contributed by atoms with Crippen LogP contribution in [0.4, 0.5) is 0 Å². The van der Waals surface area contributed by atoms with E-state index in [2.05, 4.69) is 42.0 Å². The van der Waals surface area contributed by atoms with Gasteiger partial charge in [0.1, 0.15) is 5.82 Å². The van der Waals surface area contributed by atoms with E-state index in [-0.39, 0.29) is 6.04 Å². The second kappa shape index (κ2) is 4.97. The number of nitrogens with two attached hydrogens (primary N) is 1. The molecule has 1 aromatic heterocycles. The van der Waals surface area contributed by atoms with Crippen molar-refractivity contribution in [3.8, 4) is 0 Å². The first-order valence-electron chi connectivity index (χ1n) is 7.40. The molecule has 1 heterocycles. The summed E-state index contributed by atoms with van der Waals surface area (Å²) in [6.45, 7) is 4.31. The number of benzene rings is 1. The molecular formula is C16H23N3. The van der Waals surface area contributed by atoms with E-state index in [4.69, 9.17) is 5.73 Å². The molecule has 3 N–H and O–H groups in total. The molecule has 1 aromatic carbocycles. The summed E-state index contributed by atoms with van der Waals surface area (Å²) in [4.78, 5) is 8.03. The maximum atomic E-state index is 6.42. The molecule has 0 bridgehead atoms. The number of hydrogen-bond donors (Lipinski definition) is 2. The van der Waals surface area contributed by atoms with Crippen molar-refractivity contribution in [3.05, 3.63) is 29.6 Å². The molecule has 0 radical (unpaired) electrons. The first-order valence-corrected chi connectivity index (χ1v) is 7.40. The van der Waals surface area contributed by atoms with Gasteiger partial charge in [-0.15, -0.1) is 0 Å². The zero-order valence-corrected chi connectivity index (χ0v) is 11.8. The molecule has 1 atom stereocenters. The molecule has 3 nitrogen and oxygen atoms in total. The van der Waals surface area contributed by atoms with Gasteiger partial charge in [0.05, 0.1) is 11.0 Å². The van der Waals surface area contributed by atoms with Gasteiger partial charge in [-0.3, -0.25) is 0 Å². The fraction of sp³-hybridized carbons (Fsp3) is 0.562. The van der Waals surface area contributed by atoms with Crippen molar-refractivity contribution < 1.29 is 0 Å². The van der Waals surface area contributed by atoms with Gasteiger partial charge in [0.15, 0.2) is 0 Å². The van der Waals surface area contributed by atoms with Crippen molar-refractivity contribution in [2.45, 2.75) is 51.5 Å². The number of hydrogen-bond acceptors (Lipinski definition) is 2. The van der Waals surface area contributed by atoms with Crippen LogP contribution in [0, 0.1) is 5.92 Å². The number of imidazole rings is 1. The van der Waals surface area contributed by atoms with E-state index in [1.807, 2.05) is 0 Å². The SMILES string of the molecule is CC(C)c1nc2ccc(C(N)C3CCCC3)cc2[nH]1. The van der Waals surface area contributed by atoms with E-state index in [1.54, 1.807) is 0 Å². The van der Waals surface area contributed by atoms with Gasteiger partial charge in [-0.1, -0.05) is 32.8 Å². The Balaban J connectivity index is 1.91. The lowest BCUT2D eigenvalue weighted by atomic mass is 9.92. The van der Waals surface area contributed by atoms with E-state index in [9.17, 15) is 0 Å². The number of aromatic amines is 1. The van der Waals surface area contributed by atoms with Gasteiger partial charge >= 0.3 is 0 Å². The molecule has 1 unspecified atom stereocenters. The van der Waals surface area contributed by atoms with Crippen molar-refractivity contribution in [1.29, 1.82) is 0 Å². The quantitative estimate of drug-likeness (QED) is 0.876. The molecule has 0 aliphatic heterocycles. The smallest absolute Gasteiger partial charge is 0.109 e. The summed E-state index contributed by atoms with van der Waals surface area (Å²) in [6, 6.07) is 6.62. The molecule has 1 aliphatic rings. The zero-order valence-electron chi connectivity index (χ0n) is 11.8. The Kier molecular flexibility index (Phi) is 3.31. The largest absolute Gasteiger partial charge is 0.342 e. The Morgan fingerprint density at radius 3 is 2.68 bits per heavy atom. The average Bonchev–Trinajstić information content (AvgIpc) is 3.06. The first kappa shape index (κ1) is 12.7. The van der Waals surface area contributed by atoms with E-state index in [0.717, 1.165) is 16.9 Å². The molecule has 2 aromatic rings. The van der Waals surface area contributed by atoms with Crippen molar-refractivity contribution in [2.75, 3.05) is 0 Å². The second-order valence-electron chi connectivity index (χ2n) is 6.12. The molecule has 1 saturated carbocycles. The maximum Gasteiger partial charge on any atom is 0.109 e. The van der Waals surface area contributed by atoms with Crippen LogP contribution < -0.4 is 5.73 Å². The van der Waals surface area contributed by atoms with Crippen LogP contribution in [-0.2, 0) is 0 Å². The van der Waals surface area contributed by atoms with Crippen LogP contribution in [-0.4, -0.2) is 9.97 Å². The highest BCUT2D eigenvalue weighted by molar-refractivity contribution is 5.76. The highest BCUT2D eigenvalue weighted by Gasteiger charge is 2.23. The molecule has 1 fully saturated rings. The number of fused-ring (bicyclic) bond motifs is 1. The van der Waals surface area contributed by atoms with Gasteiger partial charge in [0.2, 0.25) is 0 Å². The second-order valence-corrected chi connectivity index (χ2v) is 6.12. The lowest BCUT2D eigenvalue weighted by molar-refractivity contribution is 0.445. The lowest BCUT2D eigenvalue weighted by Gasteiger charge is -2.19. The van der Waals surface area contributed by atoms with Gasteiger partial charge in [-0.2, -0.15) is 0 Å². The number of nitrogens with zero attached hydrogens (tertiary/aromatic N) is 1. The molecule has 19 heavy (non-hydrogen) atoms. The monoisotopic (exact) mass is 257 g/mol. The van der Waals surface area contributed by atoms with Crippen molar-refractivity contribution >= 4 is 11.0 Å². The Labute approximate surface area is 114 Å². The lowest BCUT2D eigenvalue weighted by Crippen LogP contribution is -2.18. The molecule has 3 heteroatoms. The number of rotatable bonds is 3. The summed E-state index contributed by atoms with van der Waals surface area (Å²) in [6.07, 6.45) is 5.23. The van der Waals surface area contributed by atoms with Crippen LogP contribution in [0.25, 0.3) is 11.0 Å². The van der Waals surface area contributed by atoms with Crippen molar-refractivity contribution in [1.82, 2.24) is 9.97 Å². The van der Waals surface area contributed by atoms with Gasteiger partial charge < -0.3 is 10.7 Å². The summed E-state index contributed by atoms with van der Waals surface area (Å²) < 4.78 is 0. The highest BCUT2D eigenvalue weighted by Crippen LogP contribution is 2.34. The van der Waals surface area contributed by atoms with E-state index < -0.39 is 0 Å². The topological polar surface area (TPSA) is 54.7 Å². The molecule has 0 spiro atoms. The predicted molar refractivity (Wildman–Crippen MR) is 79.1 cm³/mol. The van der Waals surface area contributed by atoms with Crippen LogP contribution in [0.5, 0.6) is 0 Å². The van der Waals surface area contributed by atoms with Crippen LogP contribution in [0.3, 0.4) is 0 Å². The number of aromatic nitrogens is 2. The Hall–Kier alpha value is -1.35. The summed E-state index contributed by atoms with van der Waals surface area (Å²) in [5.74, 6) is 2.14. The Morgan fingerprint density at radius 2 is 2.00 bits per heavy atom. The number of H-pyrrole nitrogens is 1. The van der Waals surface area contributed by atoms with E-state index >= 15 is 0 Å². The molecule has 0 amide bonds. The molecule has 1 aliphatic carbocycles. The molecule has 3 rings (SSSR count). The fourth-order valence-corrected chi connectivity index (χ4v) is 3.12. The summed E-state index contributed by atoms with van der Waals surface area (Å²) in [7, 11) is 0. The van der Waals surface area contributed by atoms with Gasteiger partial charge in [0.25, 0.3) is 0 Å². The Bertz CT molecular complexity index is 564. The third kappa shape index (κ3) is 2.39. The van der Waals surface area contributed by atoms with Crippen molar-refractivity contribution in [2.24, 2.45) is 11.7 Å². The minimum atomic E-state index is 0.178. The summed E-state index contributed by atoms with van der Waals surface area (Å²) in [5, 5.41) is 0. The van der Waals surface area contributed by atoms with Crippen LogP contribution >= 0.6 is 0 Å². The molecule has 0 saturated heterocycles. The minimum absolute atomic E-state index is 0.178. The fourth-order valence-electron chi connectivity index (χ4n) is 3.12. The summed E-state index contributed by atoms with van der Waals surface area (Å²) >= 11 is 0. The Morgan fingerprint density at radius 1 is 1.26 bits per heavy atom. The standard InChI is InChI=1S/C16H23N3/c1-10(2)16-18-13-8-7-12(9-14(13)19-16)15(17)11-5-3-4-6-11/h7-11,15H,3-6,17H2,1-2H3,(H,18,19). The summed E-state index contributed by atoms with van der Waals surface area (Å²) in [5.41, 5.74) is 9.84. The van der Waals surface area contributed by atoms with Crippen LogP contribution in [0.2, 0.25) is 0 Å². The van der Waals surface area contributed by atoms with Crippen LogP contribution in [0.1, 0.15) is 62.9 Å². The minimum Gasteiger partial charge on any atom is -0.342 e. The van der Waals surface area contributed by atoms with Crippen LogP contribution in [0.15, 0.2) is 18.2 Å². The van der Waals surface area contributed by atoms with Gasteiger partial charge in [-0.25, -0.2) is 4.98 Å². The predicted octanol–water partition coefficient (Wildman–Crippen LogP) is 3.88. The van der Waals surface area contributed by atoms with Crippen molar-refractivity contribution in [3.63, 3.8) is 0 Å². The van der Waals surface area contributed by atoms with E-state index in [1.165, 1.54) is 31.2 Å². The molecular weight excluding hydrogens is 234 g/mol. The van der Waals surface area contributed by atoms with E-state index in [0.29, 0.717) is 11.8 Å². The normalized spacial score (nSPS) is 18.5. The highest BCUT2D eigenvalue weighted by atomic mass is 14.9. The third-order valence-electron chi connectivity index (χ3n) is 4.36. The first-order chi connectivity index (χ1) is 9.15. The van der Waals surface area contributed by atoms with Gasteiger partial charge in [0, 0.05) is 12.0 Å². The third-order valence-corrected chi connectivity index (χ3v) is 4.36. The number of nitrogens with one attached hydrogen (secondary N) is 1. The average molecular weight is 257 g/mol. The zero-order chi connectivity index (χ0) is 13.4.